The standard InChI is InChI=1S/C24H18FN5O2/c1-14-6-11-19-20(12-14)28-21(27-19)13-26-23(31)17-4-2-3-5-18(17)24-29-22(30-32-24)15-7-9-16(25)10-8-15/h2-12H,13H2,1H3,(H,26,31)(H,27,28). The highest BCUT2D eigenvalue weighted by atomic mass is 19.1. The van der Waals surface area contributed by atoms with Crippen LogP contribution in [0.5, 0.6) is 0 Å². The van der Waals surface area contributed by atoms with Gasteiger partial charge in [0.2, 0.25) is 5.82 Å². The molecule has 158 valence electrons. The van der Waals surface area contributed by atoms with Crippen molar-refractivity contribution in [2.45, 2.75) is 13.5 Å². The average Bonchev–Trinajstić information content (AvgIpc) is 3.45. The van der Waals surface area contributed by atoms with Gasteiger partial charge in [0.25, 0.3) is 11.8 Å². The molecule has 0 unspecified atom stereocenters. The van der Waals surface area contributed by atoms with E-state index in [1.807, 2.05) is 25.1 Å². The number of carbonyl (C=O) groups excluding carboxylic acids is 1. The summed E-state index contributed by atoms with van der Waals surface area (Å²) in [6.07, 6.45) is 0. The number of rotatable bonds is 5. The van der Waals surface area contributed by atoms with Crippen LogP contribution in [0.3, 0.4) is 0 Å². The molecule has 0 aliphatic heterocycles. The Morgan fingerprint density at radius 1 is 1.06 bits per heavy atom. The van der Waals surface area contributed by atoms with Crippen LogP contribution in [0.1, 0.15) is 21.7 Å². The zero-order valence-electron chi connectivity index (χ0n) is 17.1. The van der Waals surface area contributed by atoms with E-state index in [1.54, 1.807) is 36.4 Å². The largest absolute Gasteiger partial charge is 0.345 e. The fourth-order valence-electron chi connectivity index (χ4n) is 3.44. The number of hydrogen-bond donors (Lipinski definition) is 2. The quantitative estimate of drug-likeness (QED) is 0.425. The molecule has 0 radical (unpaired) electrons. The molecule has 7 nitrogen and oxygen atoms in total. The van der Waals surface area contributed by atoms with Crippen molar-refractivity contribution in [1.29, 1.82) is 0 Å². The molecular formula is C24H18FN5O2. The van der Waals surface area contributed by atoms with Gasteiger partial charge in [-0.1, -0.05) is 23.4 Å². The first kappa shape index (κ1) is 19.6. The van der Waals surface area contributed by atoms with Crippen LogP contribution in [0.15, 0.2) is 71.3 Å². The van der Waals surface area contributed by atoms with Gasteiger partial charge in [-0.15, -0.1) is 0 Å². The molecule has 0 saturated carbocycles. The van der Waals surface area contributed by atoms with Crippen LogP contribution >= 0.6 is 0 Å². The summed E-state index contributed by atoms with van der Waals surface area (Å²) >= 11 is 0. The second-order valence-corrected chi connectivity index (χ2v) is 7.36. The number of benzene rings is 3. The second kappa shape index (κ2) is 8.07. The fourth-order valence-corrected chi connectivity index (χ4v) is 3.44. The Morgan fingerprint density at radius 3 is 2.72 bits per heavy atom. The molecule has 0 fully saturated rings. The molecule has 0 saturated heterocycles. The van der Waals surface area contributed by atoms with Crippen molar-refractivity contribution in [3.8, 4) is 22.8 Å². The molecule has 1 amide bonds. The fraction of sp³-hybridized carbons (Fsp3) is 0.0833. The number of nitrogens with one attached hydrogen (secondary N) is 2. The van der Waals surface area contributed by atoms with Crippen molar-refractivity contribution in [2.75, 3.05) is 0 Å². The van der Waals surface area contributed by atoms with E-state index in [4.69, 9.17) is 4.52 Å². The molecule has 5 aromatic rings. The van der Waals surface area contributed by atoms with Crippen molar-refractivity contribution in [2.24, 2.45) is 0 Å². The van der Waals surface area contributed by atoms with Gasteiger partial charge in [-0.3, -0.25) is 4.79 Å². The summed E-state index contributed by atoms with van der Waals surface area (Å²) in [5, 5.41) is 6.84. The molecule has 0 atom stereocenters. The Bertz CT molecular complexity index is 1420. The van der Waals surface area contributed by atoms with Gasteiger partial charge in [0.15, 0.2) is 0 Å². The summed E-state index contributed by atoms with van der Waals surface area (Å²) in [6.45, 7) is 2.25. The van der Waals surface area contributed by atoms with E-state index in [0.29, 0.717) is 28.3 Å². The number of H-pyrrole nitrogens is 1. The van der Waals surface area contributed by atoms with Crippen molar-refractivity contribution >= 4 is 16.9 Å². The number of nitrogens with zero attached hydrogens (tertiary/aromatic N) is 3. The highest BCUT2D eigenvalue weighted by molar-refractivity contribution is 6.00. The van der Waals surface area contributed by atoms with Gasteiger partial charge in [0, 0.05) is 5.56 Å². The van der Waals surface area contributed by atoms with Gasteiger partial charge in [-0.25, -0.2) is 9.37 Å². The van der Waals surface area contributed by atoms with Crippen LogP contribution in [0.2, 0.25) is 0 Å². The van der Waals surface area contributed by atoms with Crippen LogP contribution in [-0.4, -0.2) is 26.0 Å². The van der Waals surface area contributed by atoms with E-state index in [9.17, 15) is 9.18 Å². The average molecular weight is 427 g/mol. The molecule has 8 heteroatoms. The molecule has 3 aromatic carbocycles. The number of aromatic nitrogens is 4. The summed E-state index contributed by atoms with van der Waals surface area (Å²) in [5.74, 6) is 0.535. The Labute approximate surface area is 182 Å². The molecule has 0 spiro atoms. The number of aromatic amines is 1. The van der Waals surface area contributed by atoms with Crippen molar-refractivity contribution in [3.05, 3.63) is 89.5 Å². The van der Waals surface area contributed by atoms with Crippen LogP contribution in [0.4, 0.5) is 4.39 Å². The van der Waals surface area contributed by atoms with Gasteiger partial charge in [0.05, 0.1) is 28.7 Å². The van der Waals surface area contributed by atoms with Crippen LogP contribution in [0, 0.1) is 12.7 Å². The van der Waals surface area contributed by atoms with Crippen LogP contribution in [0.25, 0.3) is 33.9 Å². The molecule has 2 aromatic heterocycles. The zero-order chi connectivity index (χ0) is 22.1. The third kappa shape index (κ3) is 3.85. The molecule has 2 heterocycles. The van der Waals surface area contributed by atoms with E-state index in [-0.39, 0.29) is 24.2 Å². The predicted molar refractivity (Wildman–Crippen MR) is 117 cm³/mol. The predicted octanol–water partition coefficient (Wildman–Crippen LogP) is 4.66. The molecular weight excluding hydrogens is 409 g/mol. The molecule has 32 heavy (non-hydrogen) atoms. The number of fused-ring (bicyclic) bond motifs is 1. The van der Waals surface area contributed by atoms with Crippen molar-refractivity contribution in [3.63, 3.8) is 0 Å². The number of imidazole rings is 1. The minimum absolute atomic E-state index is 0.203. The van der Waals surface area contributed by atoms with Crippen molar-refractivity contribution in [1.82, 2.24) is 25.4 Å². The maximum Gasteiger partial charge on any atom is 0.259 e. The first-order valence-electron chi connectivity index (χ1n) is 9.99. The molecule has 0 aliphatic rings. The third-order valence-electron chi connectivity index (χ3n) is 5.03. The summed E-state index contributed by atoms with van der Waals surface area (Å²) in [5.41, 5.74) is 4.42. The Balaban J connectivity index is 1.37. The highest BCUT2D eigenvalue weighted by Crippen LogP contribution is 2.25. The van der Waals surface area contributed by atoms with Crippen LogP contribution in [-0.2, 0) is 6.54 Å². The lowest BCUT2D eigenvalue weighted by atomic mass is 10.1. The smallest absolute Gasteiger partial charge is 0.259 e. The molecule has 5 rings (SSSR count). The van der Waals surface area contributed by atoms with Gasteiger partial charge < -0.3 is 14.8 Å². The number of amides is 1. The Morgan fingerprint density at radius 2 is 1.88 bits per heavy atom. The number of aryl methyl sites for hydroxylation is 1. The summed E-state index contributed by atoms with van der Waals surface area (Å²) < 4.78 is 18.6. The van der Waals surface area contributed by atoms with Gasteiger partial charge in [-0.05, 0) is 61.0 Å². The first-order valence-corrected chi connectivity index (χ1v) is 9.99. The topological polar surface area (TPSA) is 96.7 Å². The molecule has 2 N–H and O–H groups in total. The number of carbonyl (C=O) groups is 1. The number of hydrogen-bond acceptors (Lipinski definition) is 5. The second-order valence-electron chi connectivity index (χ2n) is 7.36. The van der Waals surface area contributed by atoms with Gasteiger partial charge in [0.1, 0.15) is 11.6 Å². The minimum Gasteiger partial charge on any atom is -0.345 e. The monoisotopic (exact) mass is 427 g/mol. The molecule has 0 aliphatic carbocycles. The Kier molecular flexibility index (Phi) is 4.95. The third-order valence-corrected chi connectivity index (χ3v) is 5.03. The van der Waals surface area contributed by atoms with Gasteiger partial charge >= 0.3 is 0 Å². The van der Waals surface area contributed by atoms with E-state index in [2.05, 4.69) is 25.4 Å². The minimum atomic E-state index is -0.348. The summed E-state index contributed by atoms with van der Waals surface area (Å²) in [6, 6.07) is 18.7. The van der Waals surface area contributed by atoms with E-state index in [1.165, 1.54) is 12.1 Å². The maximum absolute atomic E-state index is 13.2. The zero-order valence-corrected chi connectivity index (χ0v) is 17.1. The van der Waals surface area contributed by atoms with E-state index in [0.717, 1.165) is 16.6 Å². The van der Waals surface area contributed by atoms with E-state index < -0.39 is 0 Å². The van der Waals surface area contributed by atoms with Gasteiger partial charge in [-0.2, -0.15) is 4.98 Å². The lowest BCUT2D eigenvalue weighted by Crippen LogP contribution is -2.24. The lowest BCUT2D eigenvalue weighted by molar-refractivity contribution is 0.0950. The maximum atomic E-state index is 13.2. The highest BCUT2D eigenvalue weighted by Gasteiger charge is 2.18. The molecule has 0 bridgehead atoms. The van der Waals surface area contributed by atoms with Crippen LogP contribution < -0.4 is 5.32 Å². The summed E-state index contributed by atoms with van der Waals surface area (Å²) in [7, 11) is 0. The summed E-state index contributed by atoms with van der Waals surface area (Å²) in [4.78, 5) is 25.0. The lowest BCUT2D eigenvalue weighted by Gasteiger charge is -2.06. The first-order chi connectivity index (χ1) is 15.6. The van der Waals surface area contributed by atoms with E-state index >= 15 is 0 Å². The van der Waals surface area contributed by atoms with Crippen molar-refractivity contribution < 1.29 is 13.7 Å². The Hall–Kier alpha value is -4.33. The number of halogens is 1. The normalized spacial score (nSPS) is 11.1. The SMILES string of the molecule is Cc1ccc2nc(CNC(=O)c3ccccc3-c3nc(-c4ccc(F)cc4)no3)[nH]c2c1.